The third kappa shape index (κ3) is 3.42. The molecule has 4 aromatic heterocycles. The Kier molecular flexibility index (Phi) is 4.79. The number of aromatic nitrogens is 4. The molecular formula is C25H18N6S2. The quantitative estimate of drug-likeness (QED) is 0.325. The summed E-state index contributed by atoms with van der Waals surface area (Å²) in [7, 11) is 0. The molecule has 160 valence electrons. The largest absolute Gasteiger partial charge is 0.325 e. The molecule has 0 aliphatic carbocycles. The highest BCUT2D eigenvalue weighted by Crippen LogP contribution is 2.42. The number of fused-ring (bicyclic) bond motifs is 1. The van der Waals surface area contributed by atoms with Gasteiger partial charge in [0.05, 0.1) is 23.0 Å². The van der Waals surface area contributed by atoms with Crippen LogP contribution in [0.4, 0.5) is 11.5 Å². The van der Waals surface area contributed by atoms with E-state index in [1.54, 1.807) is 28.9 Å². The van der Waals surface area contributed by atoms with Crippen LogP contribution in [-0.2, 0) is 6.42 Å². The molecular weight excluding hydrogens is 448 g/mol. The number of pyridine rings is 1. The van der Waals surface area contributed by atoms with E-state index in [0.717, 1.165) is 57.0 Å². The monoisotopic (exact) mass is 466 g/mol. The number of benzene rings is 1. The molecule has 0 radical (unpaired) electrons. The zero-order chi connectivity index (χ0) is 22.4. The van der Waals surface area contributed by atoms with E-state index in [4.69, 9.17) is 10.1 Å². The fraction of sp³-hybridized carbons (Fsp3) is 0.120. The lowest BCUT2D eigenvalue weighted by Gasteiger charge is -2.22. The Morgan fingerprint density at radius 1 is 1.06 bits per heavy atom. The Labute approximate surface area is 199 Å². The van der Waals surface area contributed by atoms with Crippen molar-refractivity contribution in [2.45, 2.75) is 13.3 Å². The first-order valence-electron chi connectivity index (χ1n) is 10.5. The number of anilines is 2. The van der Waals surface area contributed by atoms with Crippen LogP contribution in [0, 0.1) is 18.3 Å². The summed E-state index contributed by atoms with van der Waals surface area (Å²) in [6.45, 7) is 2.84. The molecule has 5 heterocycles. The van der Waals surface area contributed by atoms with Gasteiger partial charge in [0.1, 0.15) is 16.5 Å². The van der Waals surface area contributed by atoms with Crippen molar-refractivity contribution in [3.05, 3.63) is 82.4 Å². The number of hydrogen-bond donors (Lipinski definition) is 0. The second-order valence-electron chi connectivity index (χ2n) is 7.79. The molecule has 0 saturated heterocycles. The van der Waals surface area contributed by atoms with Gasteiger partial charge < -0.3 is 4.90 Å². The number of nitrogens with zero attached hydrogens (tertiary/aromatic N) is 6. The zero-order valence-electron chi connectivity index (χ0n) is 17.8. The predicted molar refractivity (Wildman–Crippen MR) is 132 cm³/mol. The Morgan fingerprint density at radius 3 is 2.79 bits per heavy atom. The van der Waals surface area contributed by atoms with Gasteiger partial charge in [0.25, 0.3) is 0 Å². The van der Waals surface area contributed by atoms with Gasteiger partial charge in [-0.25, -0.2) is 14.6 Å². The van der Waals surface area contributed by atoms with E-state index in [1.165, 1.54) is 5.56 Å². The smallest absolute Gasteiger partial charge is 0.143 e. The van der Waals surface area contributed by atoms with E-state index in [2.05, 4.69) is 33.5 Å². The van der Waals surface area contributed by atoms with Gasteiger partial charge in [0.2, 0.25) is 0 Å². The molecule has 6 rings (SSSR count). The molecule has 1 aromatic carbocycles. The standard InChI is InChI=1S/C25H18N6S2/c1-16-13-22(31-10-7-20(29-31)25-27-8-12-33-25)18-6-9-30(24(18)28-16)21-5-4-17(15-26)14-19(21)23-3-2-11-32-23/h2-5,7-8,10-14H,6,9H2,1H3. The summed E-state index contributed by atoms with van der Waals surface area (Å²) in [6, 6.07) is 16.4. The molecule has 6 nitrogen and oxygen atoms in total. The third-order valence-corrected chi connectivity index (χ3v) is 7.44. The van der Waals surface area contributed by atoms with E-state index >= 15 is 0 Å². The summed E-state index contributed by atoms with van der Waals surface area (Å²) in [5.74, 6) is 0.957. The van der Waals surface area contributed by atoms with Crippen molar-refractivity contribution < 1.29 is 0 Å². The summed E-state index contributed by atoms with van der Waals surface area (Å²) in [5, 5.41) is 19.2. The molecule has 0 spiro atoms. The van der Waals surface area contributed by atoms with Gasteiger partial charge in [-0.1, -0.05) is 6.07 Å². The minimum atomic E-state index is 0.658. The molecule has 33 heavy (non-hydrogen) atoms. The molecule has 0 fully saturated rings. The summed E-state index contributed by atoms with van der Waals surface area (Å²) >= 11 is 3.26. The SMILES string of the molecule is Cc1cc(-n2ccc(-c3nccs3)n2)c2c(n1)N(c1ccc(C#N)cc1-c1cccs1)CC2. The highest BCUT2D eigenvalue weighted by molar-refractivity contribution is 7.13. The van der Waals surface area contributed by atoms with Crippen molar-refractivity contribution in [1.29, 1.82) is 5.26 Å². The first-order chi connectivity index (χ1) is 16.2. The molecule has 0 unspecified atom stereocenters. The predicted octanol–water partition coefficient (Wildman–Crippen LogP) is 5.99. The zero-order valence-corrected chi connectivity index (χ0v) is 19.4. The molecule has 0 atom stereocenters. The van der Waals surface area contributed by atoms with E-state index in [1.807, 2.05) is 53.5 Å². The normalized spacial score (nSPS) is 12.7. The van der Waals surface area contributed by atoms with E-state index in [0.29, 0.717) is 5.56 Å². The first kappa shape index (κ1) is 19.9. The van der Waals surface area contributed by atoms with Crippen LogP contribution in [0.2, 0.25) is 0 Å². The van der Waals surface area contributed by atoms with E-state index < -0.39 is 0 Å². The molecule has 0 saturated carbocycles. The topological polar surface area (TPSA) is 70.6 Å². The second kappa shape index (κ2) is 7.96. The van der Waals surface area contributed by atoms with Crippen LogP contribution in [0.1, 0.15) is 16.8 Å². The average Bonchev–Trinajstić information content (AvgIpc) is 3.63. The highest BCUT2D eigenvalue weighted by atomic mass is 32.1. The van der Waals surface area contributed by atoms with E-state index in [-0.39, 0.29) is 0 Å². The number of aryl methyl sites for hydroxylation is 1. The van der Waals surface area contributed by atoms with Gasteiger partial charge >= 0.3 is 0 Å². The average molecular weight is 467 g/mol. The maximum Gasteiger partial charge on any atom is 0.143 e. The van der Waals surface area contributed by atoms with Gasteiger partial charge in [-0.05, 0) is 55.1 Å². The van der Waals surface area contributed by atoms with Gasteiger partial charge in [-0.2, -0.15) is 10.4 Å². The number of hydrogen-bond acceptors (Lipinski definition) is 7. The second-order valence-corrected chi connectivity index (χ2v) is 9.63. The number of nitriles is 1. The lowest BCUT2D eigenvalue weighted by atomic mass is 10.1. The van der Waals surface area contributed by atoms with Crippen molar-refractivity contribution in [3.63, 3.8) is 0 Å². The fourth-order valence-electron chi connectivity index (χ4n) is 4.29. The number of rotatable bonds is 4. The summed E-state index contributed by atoms with van der Waals surface area (Å²) in [4.78, 5) is 12.7. The molecule has 0 N–H and O–H groups in total. The number of thiazole rings is 1. The minimum absolute atomic E-state index is 0.658. The van der Waals surface area contributed by atoms with Gasteiger partial charge in [-0.15, -0.1) is 22.7 Å². The van der Waals surface area contributed by atoms with Crippen molar-refractivity contribution in [2.75, 3.05) is 11.4 Å². The fourth-order valence-corrected chi connectivity index (χ4v) is 5.64. The van der Waals surface area contributed by atoms with Crippen LogP contribution >= 0.6 is 22.7 Å². The highest BCUT2D eigenvalue weighted by Gasteiger charge is 2.28. The molecule has 8 heteroatoms. The van der Waals surface area contributed by atoms with Gasteiger partial charge in [0, 0.05) is 46.0 Å². The summed E-state index contributed by atoms with van der Waals surface area (Å²) in [6.07, 6.45) is 4.66. The van der Waals surface area contributed by atoms with Crippen molar-refractivity contribution >= 4 is 34.2 Å². The third-order valence-electron chi connectivity index (χ3n) is 5.74. The van der Waals surface area contributed by atoms with Gasteiger partial charge in [-0.3, -0.25) is 0 Å². The van der Waals surface area contributed by atoms with Crippen molar-refractivity contribution in [1.82, 2.24) is 19.7 Å². The minimum Gasteiger partial charge on any atom is -0.325 e. The van der Waals surface area contributed by atoms with Crippen LogP contribution < -0.4 is 4.90 Å². The van der Waals surface area contributed by atoms with Crippen LogP contribution in [0.25, 0.3) is 26.8 Å². The van der Waals surface area contributed by atoms with Gasteiger partial charge in [0.15, 0.2) is 0 Å². The maximum atomic E-state index is 9.46. The Balaban J connectivity index is 1.46. The van der Waals surface area contributed by atoms with Crippen LogP contribution in [0.5, 0.6) is 0 Å². The molecule has 5 aromatic rings. The maximum absolute atomic E-state index is 9.46. The van der Waals surface area contributed by atoms with Crippen LogP contribution in [0.3, 0.4) is 0 Å². The van der Waals surface area contributed by atoms with E-state index in [9.17, 15) is 5.26 Å². The summed E-state index contributed by atoms with van der Waals surface area (Å²) in [5.41, 5.74) is 6.83. The molecule has 1 aliphatic heterocycles. The lowest BCUT2D eigenvalue weighted by Crippen LogP contribution is -2.15. The molecule has 0 amide bonds. The van der Waals surface area contributed by atoms with Crippen LogP contribution in [-0.4, -0.2) is 26.3 Å². The van der Waals surface area contributed by atoms with Crippen molar-refractivity contribution in [3.8, 4) is 32.9 Å². The first-order valence-corrected chi connectivity index (χ1v) is 12.3. The lowest BCUT2D eigenvalue weighted by molar-refractivity contribution is 0.864. The van der Waals surface area contributed by atoms with Crippen molar-refractivity contribution in [2.24, 2.45) is 0 Å². The van der Waals surface area contributed by atoms with Crippen LogP contribution in [0.15, 0.2) is 65.6 Å². The number of thiophene rings is 1. The molecule has 1 aliphatic rings. The Morgan fingerprint density at radius 2 is 2.00 bits per heavy atom. The Hall–Kier alpha value is -3.80. The summed E-state index contributed by atoms with van der Waals surface area (Å²) < 4.78 is 1.94. The Bertz CT molecular complexity index is 1490. The molecule has 0 bridgehead atoms.